The van der Waals surface area contributed by atoms with E-state index in [2.05, 4.69) is 17.2 Å². The molecule has 0 fully saturated rings. The lowest BCUT2D eigenvalue weighted by Gasteiger charge is -2.18. The van der Waals surface area contributed by atoms with Crippen LogP contribution in [0.3, 0.4) is 0 Å². The van der Waals surface area contributed by atoms with Crippen molar-refractivity contribution in [3.8, 4) is 0 Å². The Morgan fingerprint density at radius 2 is 1.85 bits per heavy atom. The molecule has 0 saturated heterocycles. The van der Waals surface area contributed by atoms with Crippen LogP contribution < -0.4 is 5.32 Å². The van der Waals surface area contributed by atoms with Crippen molar-refractivity contribution in [3.05, 3.63) is 62.9 Å². The third kappa shape index (κ3) is 4.10. The zero-order chi connectivity index (χ0) is 14.5. The highest BCUT2D eigenvalue weighted by Crippen LogP contribution is 2.26. The van der Waals surface area contributed by atoms with Gasteiger partial charge in [-0.05, 0) is 48.9 Å². The number of rotatable bonds is 5. The normalized spacial score (nSPS) is 12.4. The van der Waals surface area contributed by atoms with E-state index >= 15 is 0 Å². The molecule has 1 atom stereocenters. The first-order chi connectivity index (χ1) is 9.60. The van der Waals surface area contributed by atoms with Gasteiger partial charge in [-0.3, -0.25) is 4.98 Å². The summed E-state index contributed by atoms with van der Waals surface area (Å²) in [5.41, 5.74) is 1.94. The van der Waals surface area contributed by atoms with E-state index < -0.39 is 0 Å². The van der Waals surface area contributed by atoms with Crippen molar-refractivity contribution in [2.75, 3.05) is 6.54 Å². The van der Waals surface area contributed by atoms with Gasteiger partial charge in [0.15, 0.2) is 0 Å². The van der Waals surface area contributed by atoms with Crippen LogP contribution in [-0.4, -0.2) is 11.5 Å². The van der Waals surface area contributed by atoms with Gasteiger partial charge in [-0.2, -0.15) is 0 Å². The maximum Gasteiger partial charge on any atom is 0.0589 e. The lowest BCUT2D eigenvalue weighted by Crippen LogP contribution is -2.24. The summed E-state index contributed by atoms with van der Waals surface area (Å²) in [7, 11) is 0. The van der Waals surface area contributed by atoms with Crippen molar-refractivity contribution in [1.82, 2.24) is 10.3 Å². The second-order valence-electron chi connectivity index (χ2n) is 4.45. The van der Waals surface area contributed by atoms with Crippen LogP contribution in [0.1, 0.15) is 24.2 Å². The average Bonchev–Trinajstić information content (AvgIpc) is 2.43. The molecule has 0 aliphatic heterocycles. The molecule has 0 spiro atoms. The molecule has 1 aromatic heterocycles. The highest BCUT2D eigenvalue weighted by atomic mass is 35.5. The number of pyridine rings is 1. The molecule has 20 heavy (non-hydrogen) atoms. The van der Waals surface area contributed by atoms with Gasteiger partial charge in [0.2, 0.25) is 0 Å². The van der Waals surface area contributed by atoms with Gasteiger partial charge in [-0.1, -0.05) is 41.7 Å². The summed E-state index contributed by atoms with van der Waals surface area (Å²) in [6.45, 7) is 2.90. The molecule has 1 unspecified atom stereocenters. The summed E-state index contributed by atoms with van der Waals surface area (Å²) in [6, 6.07) is 9.34. The van der Waals surface area contributed by atoms with Crippen molar-refractivity contribution >= 4 is 34.8 Å². The summed E-state index contributed by atoms with van der Waals surface area (Å²) in [4.78, 5) is 4.37. The monoisotopic (exact) mass is 328 g/mol. The predicted octanol–water partition coefficient (Wildman–Crippen LogP) is 4.94. The quantitative estimate of drug-likeness (QED) is 0.841. The second kappa shape index (κ2) is 7.28. The zero-order valence-electron chi connectivity index (χ0n) is 11.0. The first kappa shape index (κ1) is 15.6. The Morgan fingerprint density at radius 1 is 1.10 bits per heavy atom. The summed E-state index contributed by atoms with van der Waals surface area (Å²) in [6.07, 6.45) is 2.38. The highest BCUT2D eigenvalue weighted by Gasteiger charge is 2.14. The van der Waals surface area contributed by atoms with Crippen molar-refractivity contribution < 1.29 is 0 Å². The molecular formula is C15H15Cl3N2. The minimum Gasteiger partial charge on any atom is -0.309 e. The molecule has 0 aliphatic rings. The topological polar surface area (TPSA) is 24.9 Å². The van der Waals surface area contributed by atoms with Crippen molar-refractivity contribution in [2.45, 2.75) is 19.4 Å². The van der Waals surface area contributed by atoms with E-state index in [0.29, 0.717) is 15.1 Å². The first-order valence-corrected chi connectivity index (χ1v) is 7.52. The van der Waals surface area contributed by atoms with Crippen LogP contribution in [0.2, 0.25) is 15.1 Å². The van der Waals surface area contributed by atoms with Crippen molar-refractivity contribution in [3.63, 3.8) is 0 Å². The summed E-state index contributed by atoms with van der Waals surface area (Å²) in [5.74, 6) is 0. The SMILES string of the molecule is CCNC(Cc1cc(Cl)ccc1Cl)c1ccc(Cl)cn1. The minimum atomic E-state index is 0.0771. The number of hydrogen-bond donors (Lipinski definition) is 1. The summed E-state index contributed by atoms with van der Waals surface area (Å²) in [5, 5.41) is 5.43. The molecule has 1 heterocycles. The van der Waals surface area contributed by atoms with Crippen molar-refractivity contribution in [1.29, 1.82) is 0 Å². The Balaban J connectivity index is 2.25. The fourth-order valence-electron chi connectivity index (χ4n) is 2.04. The van der Waals surface area contributed by atoms with Gasteiger partial charge < -0.3 is 5.32 Å². The van der Waals surface area contributed by atoms with E-state index in [0.717, 1.165) is 24.2 Å². The lowest BCUT2D eigenvalue weighted by atomic mass is 10.0. The number of benzene rings is 1. The van der Waals surface area contributed by atoms with Gasteiger partial charge in [0.05, 0.1) is 16.8 Å². The van der Waals surface area contributed by atoms with Crippen molar-refractivity contribution in [2.24, 2.45) is 0 Å². The largest absolute Gasteiger partial charge is 0.309 e. The van der Waals surface area contributed by atoms with Gasteiger partial charge in [0.1, 0.15) is 0 Å². The lowest BCUT2D eigenvalue weighted by molar-refractivity contribution is 0.537. The minimum absolute atomic E-state index is 0.0771. The van der Waals surface area contributed by atoms with E-state index in [1.54, 1.807) is 12.3 Å². The smallest absolute Gasteiger partial charge is 0.0589 e. The van der Waals surface area contributed by atoms with Gasteiger partial charge in [0.25, 0.3) is 0 Å². The zero-order valence-corrected chi connectivity index (χ0v) is 13.3. The molecule has 0 bridgehead atoms. The van der Waals surface area contributed by atoms with Crippen LogP contribution in [0, 0.1) is 0 Å². The van der Waals surface area contributed by atoms with E-state index in [9.17, 15) is 0 Å². The molecule has 2 rings (SSSR count). The van der Waals surface area contributed by atoms with Gasteiger partial charge in [-0.25, -0.2) is 0 Å². The Hall–Kier alpha value is -0.800. The average molecular weight is 330 g/mol. The fourth-order valence-corrected chi connectivity index (χ4v) is 2.54. The maximum atomic E-state index is 6.23. The third-order valence-electron chi connectivity index (χ3n) is 2.99. The summed E-state index contributed by atoms with van der Waals surface area (Å²) < 4.78 is 0. The van der Waals surface area contributed by atoms with Crippen LogP contribution in [0.25, 0.3) is 0 Å². The summed E-state index contributed by atoms with van der Waals surface area (Å²) >= 11 is 18.1. The Labute approximate surface area is 134 Å². The molecule has 2 aromatic rings. The number of hydrogen-bond acceptors (Lipinski definition) is 2. The van der Waals surface area contributed by atoms with Crippen LogP contribution in [0.5, 0.6) is 0 Å². The molecule has 1 aromatic carbocycles. The first-order valence-electron chi connectivity index (χ1n) is 6.39. The van der Waals surface area contributed by atoms with Crippen LogP contribution >= 0.6 is 34.8 Å². The van der Waals surface area contributed by atoms with Gasteiger partial charge >= 0.3 is 0 Å². The molecular weight excluding hydrogens is 315 g/mol. The number of halogens is 3. The standard InChI is InChI=1S/C15H15Cl3N2/c1-2-19-15(14-6-4-12(17)9-20-14)8-10-7-11(16)3-5-13(10)18/h3-7,9,15,19H,2,8H2,1H3. The molecule has 5 heteroatoms. The Morgan fingerprint density at radius 3 is 2.50 bits per heavy atom. The fraction of sp³-hybridized carbons (Fsp3) is 0.267. The molecule has 0 aliphatic carbocycles. The molecule has 106 valence electrons. The maximum absolute atomic E-state index is 6.23. The molecule has 0 amide bonds. The number of aromatic nitrogens is 1. The predicted molar refractivity (Wildman–Crippen MR) is 85.8 cm³/mol. The van der Waals surface area contributed by atoms with E-state index in [1.165, 1.54) is 0 Å². The van der Waals surface area contributed by atoms with E-state index in [4.69, 9.17) is 34.8 Å². The van der Waals surface area contributed by atoms with Crippen LogP contribution in [0.4, 0.5) is 0 Å². The molecule has 0 radical (unpaired) electrons. The second-order valence-corrected chi connectivity index (χ2v) is 5.73. The third-order valence-corrected chi connectivity index (χ3v) is 3.82. The molecule has 0 saturated carbocycles. The van der Waals surface area contributed by atoms with Gasteiger partial charge in [0, 0.05) is 16.2 Å². The number of nitrogens with zero attached hydrogens (tertiary/aromatic N) is 1. The highest BCUT2D eigenvalue weighted by molar-refractivity contribution is 6.33. The van der Waals surface area contributed by atoms with Gasteiger partial charge in [-0.15, -0.1) is 0 Å². The molecule has 1 N–H and O–H groups in total. The van der Waals surface area contributed by atoms with Crippen LogP contribution in [0.15, 0.2) is 36.5 Å². The number of nitrogens with one attached hydrogen (secondary N) is 1. The van der Waals surface area contributed by atoms with E-state index in [-0.39, 0.29) is 6.04 Å². The Kier molecular flexibility index (Phi) is 5.67. The number of likely N-dealkylation sites (N-methyl/N-ethyl adjacent to an activating group) is 1. The van der Waals surface area contributed by atoms with Crippen LogP contribution in [-0.2, 0) is 6.42 Å². The molecule has 2 nitrogen and oxygen atoms in total. The van der Waals surface area contributed by atoms with E-state index in [1.807, 2.05) is 24.3 Å². The Bertz CT molecular complexity index is 570.